The number of rotatable bonds is 4. The van der Waals surface area contributed by atoms with E-state index in [9.17, 15) is 9.59 Å². The summed E-state index contributed by atoms with van der Waals surface area (Å²) in [6.07, 6.45) is 1.39. The minimum absolute atomic E-state index is 0.0280. The van der Waals surface area contributed by atoms with Gasteiger partial charge in [-0.05, 0) is 18.8 Å². The highest BCUT2D eigenvalue weighted by Gasteiger charge is 2.33. The second-order valence-corrected chi connectivity index (χ2v) is 3.18. The van der Waals surface area contributed by atoms with Gasteiger partial charge in [-0.15, -0.1) is 0 Å². The third-order valence-electron chi connectivity index (χ3n) is 2.07. The zero-order chi connectivity index (χ0) is 9.84. The van der Waals surface area contributed by atoms with Gasteiger partial charge < -0.3 is 15.2 Å². The van der Waals surface area contributed by atoms with Crippen LogP contribution in [0.4, 0.5) is 4.79 Å². The molecule has 1 aliphatic carbocycles. The molecule has 0 saturated heterocycles. The molecular weight excluding hydrogens is 174 g/mol. The molecule has 74 valence electrons. The van der Waals surface area contributed by atoms with Crippen molar-refractivity contribution in [2.45, 2.75) is 25.3 Å². The maximum Gasteiger partial charge on any atom is 0.407 e. The van der Waals surface area contributed by atoms with Crippen LogP contribution in [0, 0.1) is 5.92 Å². The van der Waals surface area contributed by atoms with Crippen LogP contribution >= 0.6 is 0 Å². The summed E-state index contributed by atoms with van der Waals surface area (Å²) in [5, 5.41) is 11.1. The molecule has 1 amide bonds. The van der Waals surface area contributed by atoms with E-state index in [0.717, 1.165) is 12.8 Å². The van der Waals surface area contributed by atoms with Crippen LogP contribution in [-0.4, -0.2) is 30.3 Å². The molecule has 0 aliphatic heterocycles. The second-order valence-electron chi connectivity index (χ2n) is 3.18. The fraction of sp³-hybridized carbons (Fsp3) is 0.750. The first-order valence-electron chi connectivity index (χ1n) is 4.19. The van der Waals surface area contributed by atoms with Crippen molar-refractivity contribution in [3.05, 3.63) is 0 Å². The number of carboxylic acids is 1. The number of ether oxygens (including phenoxy) is 1. The van der Waals surface area contributed by atoms with E-state index < -0.39 is 12.1 Å². The van der Waals surface area contributed by atoms with Crippen molar-refractivity contribution in [3.8, 4) is 0 Å². The van der Waals surface area contributed by atoms with Crippen LogP contribution in [0.5, 0.6) is 0 Å². The van der Waals surface area contributed by atoms with Crippen LogP contribution < -0.4 is 5.32 Å². The largest absolute Gasteiger partial charge is 0.481 e. The Morgan fingerprint density at radius 3 is 2.62 bits per heavy atom. The Bertz CT molecular complexity index is 212. The lowest BCUT2D eigenvalue weighted by Crippen LogP contribution is -2.37. The van der Waals surface area contributed by atoms with Crippen LogP contribution in [0.1, 0.15) is 19.3 Å². The Labute approximate surface area is 76.1 Å². The Morgan fingerprint density at radius 1 is 1.62 bits per heavy atom. The van der Waals surface area contributed by atoms with E-state index in [1.165, 1.54) is 7.11 Å². The summed E-state index contributed by atoms with van der Waals surface area (Å²) in [7, 11) is 1.26. The zero-order valence-electron chi connectivity index (χ0n) is 7.45. The first kappa shape index (κ1) is 9.83. The van der Waals surface area contributed by atoms with E-state index in [-0.39, 0.29) is 12.5 Å². The number of hydrogen-bond donors (Lipinski definition) is 2. The minimum atomic E-state index is -0.895. The first-order valence-corrected chi connectivity index (χ1v) is 4.19. The van der Waals surface area contributed by atoms with Gasteiger partial charge in [0.05, 0.1) is 13.5 Å². The maximum absolute atomic E-state index is 10.8. The van der Waals surface area contributed by atoms with Gasteiger partial charge in [-0.1, -0.05) is 0 Å². The Hall–Kier alpha value is -1.26. The number of carbonyl (C=O) groups excluding carboxylic acids is 1. The molecule has 0 aromatic rings. The van der Waals surface area contributed by atoms with E-state index in [1.807, 2.05) is 0 Å². The van der Waals surface area contributed by atoms with Crippen LogP contribution in [0.25, 0.3) is 0 Å². The SMILES string of the molecule is COC(=O)NC(CC(=O)O)C1CC1. The summed E-state index contributed by atoms with van der Waals surface area (Å²) >= 11 is 0. The second kappa shape index (κ2) is 4.11. The van der Waals surface area contributed by atoms with E-state index in [2.05, 4.69) is 10.1 Å². The molecule has 0 bridgehead atoms. The van der Waals surface area contributed by atoms with E-state index in [4.69, 9.17) is 5.11 Å². The summed E-state index contributed by atoms with van der Waals surface area (Å²) in [4.78, 5) is 21.2. The highest BCUT2D eigenvalue weighted by atomic mass is 16.5. The van der Waals surface area contributed by atoms with Crippen LogP contribution in [0.2, 0.25) is 0 Å². The average Bonchev–Trinajstić information content (AvgIpc) is 2.84. The van der Waals surface area contributed by atoms with Gasteiger partial charge in [0.2, 0.25) is 0 Å². The highest BCUT2D eigenvalue weighted by Crippen LogP contribution is 2.33. The molecule has 5 heteroatoms. The average molecular weight is 187 g/mol. The van der Waals surface area contributed by atoms with Crippen molar-refractivity contribution >= 4 is 12.1 Å². The van der Waals surface area contributed by atoms with E-state index in [1.54, 1.807) is 0 Å². The number of carbonyl (C=O) groups is 2. The summed E-state index contributed by atoms with van der Waals surface area (Å²) in [6, 6.07) is -0.273. The van der Waals surface area contributed by atoms with Crippen LogP contribution in [-0.2, 0) is 9.53 Å². The van der Waals surface area contributed by atoms with Crippen molar-refractivity contribution in [2.75, 3.05) is 7.11 Å². The van der Waals surface area contributed by atoms with Gasteiger partial charge in [0, 0.05) is 6.04 Å². The topological polar surface area (TPSA) is 75.6 Å². The molecule has 2 N–H and O–H groups in total. The summed E-state index contributed by atoms with van der Waals surface area (Å²) in [6.45, 7) is 0. The summed E-state index contributed by atoms with van der Waals surface area (Å²) in [5.41, 5.74) is 0. The van der Waals surface area contributed by atoms with Gasteiger partial charge in [-0.25, -0.2) is 4.79 Å². The van der Waals surface area contributed by atoms with Crippen molar-refractivity contribution in [2.24, 2.45) is 5.92 Å². The number of carboxylic acid groups (broad SMARTS) is 1. The number of nitrogens with one attached hydrogen (secondary N) is 1. The van der Waals surface area contributed by atoms with E-state index >= 15 is 0 Å². The Balaban J connectivity index is 2.37. The Morgan fingerprint density at radius 2 is 2.23 bits per heavy atom. The molecule has 0 radical (unpaired) electrons. The van der Waals surface area contributed by atoms with Crippen LogP contribution in [0.3, 0.4) is 0 Å². The number of alkyl carbamates (subject to hydrolysis) is 1. The molecular formula is C8H13NO4. The summed E-state index contributed by atoms with van der Waals surface area (Å²) < 4.78 is 4.40. The molecule has 1 rings (SSSR count). The summed E-state index contributed by atoms with van der Waals surface area (Å²) in [5.74, 6) is -0.580. The van der Waals surface area contributed by atoms with Gasteiger partial charge >= 0.3 is 12.1 Å². The van der Waals surface area contributed by atoms with Gasteiger partial charge in [-0.2, -0.15) is 0 Å². The lowest BCUT2D eigenvalue weighted by Gasteiger charge is -2.14. The molecule has 0 heterocycles. The van der Waals surface area contributed by atoms with Crippen molar-refractivity contribution < 1.29 is 19.4 Å². The number of hydrogen-bond acceptors (Lipinski definition) is 3. The zero-order valence-corrected chi connectivity index (χ0v) is 7.45. The minimum Gasteiger partial charge on any atom is -0.481 e. The number of aliphatic carboxylic acids is 1. The predicted octanol–water partition coefficient (Wildman–Crippen LogP) is 0.596. The maximum atomic E-state index is 10.8. The molecule has 0 spiro atoms. The molecule has 13 heavy (non-hydrogen) atoms. The van der Waals surface area contributed by atoms with Crippen LogP contribution in [0.15, 0.2) is 0 Å². The number of methoxy groups -OCH3 is 1. The fourth-order valence-corrected chi connectivity index (χ4v) is 1.23. The first-order chi connectivity index (χ1) is 6.13. The lowest BCUT2D eigenvalue weighted by atomic mass is 10.1. The third-order valence-corrected chi connectivity index (χ3v) is 2.07. The van der Waals surface area contributed by atoms with Crippen molar-refractivity contribution in [3.63, 3.8) is 0 Å². The van der Waals surface area contributed by atoms with Gasteiger partial charge in [0.1, 0.15) is 0 Å². The molecule has 0 aromatic heterocycles. The predicted molar refractivity (Wildman–Crippen MR) is 44.3 cm³/mol. The molecule has 1 aliphatic rings. The molecule has 1 atom stereocenters. The molecule has 1 unspecified atom stereocenters. The van der Waals surface area contributed by atoms with Gasteiger partial charge in [-0.3, -0.25) is 4.79 Å². The smallest absolute Gasteiger partial charge is 0.407 e. The monoisotopic (exact) mass is 187 g/mol. The van der Waals surface area contributed by atoms with Crippen molar-refractivity contribution in [1.82, 2.24) is 5.32 Å². The van der Waals surface area contributed by atoms with Crippen molar-refractivity contribution in [1.29, 1.82) is 0 Å². The van der Waals surface area contributed by atoms with Gasteiger partial charge in [0.25, 0.3) is 0 Å². The molecule has 5 nitrogen and oxygen atoms in total. The molecule has 1 fully saturated rings. The Kier molecular flexibility index (Phi) is 3.11. The number of amides is 1. The normalized spacial score (nSPS) is 17.6. The fourth-order valence-electron chi connectivity index (χ4n) is 1.23. The lowest BCUT2D eigenvalue weighted by molar-refractivity contribution is -0.137. The standard InChI is InChI=1S/C8H13NO4/c1-13-8(12)9-6(4-7(10)11)5-2-3-5/h5-6H,2-4H2,1H3,(H,9,12)(H,10,11). The highest BCUT2D eigenvalue weighted by molar-refractivity contribution is 5.71. The third kappa shape index (κ3) is 3.31. The quantitative estimate of drug-likeness (QED) is 0.675. The molecule has 0 aromatic carbocycles. The van der Waals surface area contributed by atoms with E-state index in [0.29, 0.717) is 5.92 Å². The van der Waals surface area contributed by atoms with Gasteiger partial charge in [0.15, 0.2) is 0 Å². The molecule has 1 saturated carbocycles.